The third-order valence-corrected chi connectivity index (χ3v) is 6.48. The van der Waals surface area contributed by atoms with Gasteiger partial charge in [0.05, 0.1) is 24.5 Å². The maximum atomic E-state index is 13.4. The number of nitrogens with two attached hydrogens (primary N) is 1. The smallest absolute Gasteiger partial charge is 0.433 e. The summed E-state index contributed by atoms with van der Waals surface area (Å²) in [6.07, 6.45) is 1.33. The molecule has 4 aromatic rings. The highest BCUT2D eigenvalue weighted by atomic mass is 19.4. The van der Waals surface area contributed by atoms with Gasteiger partial charge in [0.15, 0.2) is 11.5 Å². The lowest BCUT2D eigenvalue weighted by Crippen LogP contribution is -2.18. The van der Waals surface area contributed by atoms with Crippen molar-refractivity contribution < 1.29 is 27.1 Å². The third kappa shape index (κ3) is 4.66. The van der Waals surface area contributed by atoms with Crippen LogP contribution in [0.5, 0.6) is 5.75 Å². The molecule has 1 aromatic carbocycles. The summed E-state index contributed by atoms with van der Waals surface area (Å²) >= 11 is 0. The number of carbonyl (C=O) groups is 1. The number of carbonyl (C=O) groups excluding carboxylic acids is 1. The summed E-state index contributed by atoms with van der Waals surface area (Å²) in [6.45, 7) is 1.67. The molecule has 2 N–H and O–H groups in total. The van der Waals surface area contributed by atoms with E-state index in [1.807, 2.05) is 0 Å². The van der Waals surface area contributed by atoms with Crippen molar-refractivity contribution in [2.24, 2.45) is 5.73 Å². The fourth-order valence-corrected chi connectivity index (χ4v) is 4.74. The number of aryl methyl sites for hydroxylation is 1. The Morgan fingerprint density at radius 1 is 1.19 bits per heavy atom. The molecule has 0 aliphatic heterocycles. The number of halogens is 3. The minimum atomic E-state index is -4.62. The monoisotopic (exact) mass is 511 g/mol. The van der Waals surface area contributed by atoms with E-state index in [2.05, 4.69) is 19.9 Å². The van der Waals surface area contributed by atoms with Crippen LogP contribution in [0.25, 0.3) is 22.4 Å². The van der Waals surface area contributed by atoms with Gasteiger partial charge in [-0.3, -0.25) is 14.8 Å². The SMILES string of the molecule is COc1ccc(-c2nc(C(=O)CC3CCCc4nccnc43)c([C@H](C)N)o2)c2ccc(C(F)(F)F)nc12. The number of ketones is 1. The Labute approximate surface area is 210 Å². The zero-order valence-corrected chi connectivity index (χ0v) is 20.2. The molecule has 0 fully saturated rings. The fourth-order valence-electron chi connectivity index (χ4n) is 4.74. The Morgan fingerprint density at radius 2 is 1.97 bits per heavy atom. The zero-order chi connectivity index (χ0) is 26.3. The number of hydrogen-bond acceptors (Lipinski definition) is 8. The minimum Gasteiger partial charge on any atom is -0.494 e. The number of ether oxygens (including phenoxy) is 1. The number of nitrogens with zero attached hydrogens (tertiary/aromatic N) is 4. The first-order valence-electron chi connectivity index (χ1n) is 11.8. The lowest BCUT2D eigenvalue weighted by atomic mass is 9.85. The predicted octanol–water partition coefficient (Wildman–Crippen LogP) is 5.42. The van der Waals surface area contributed by atoms with E-state index in [1.165, 1.54) is 19.2 Å². The molecule has 2 atom stereocenters. The van der Waals surface area contributed by atoms with E-state index in [9.17, 15) is 18.0 Å². The molecule has 1 aliphatic rings. The highest BCUT2D eigenvalue weighted by Crippen LogP contribution is 2.38. The molecule has 0 saturated carbocycles. The summed E-state index contributed by atoms with van der Waals surface area (Å²) < 4.78 is 51.1. The molecular formula is C26H24F3N5O3. The number of hydrogen-bond donors (Lipinski definition) is 1. The van der Waals surface area contributed by atoms with Gasteiger partial charge in [-0.2, -0.15) is 13.2 Å². The maximum Gasteiger partial charge on any atom is 0.433 e. The second kappa shape index (κ2) is 9.55. The van der Waals surface area contributed by atoms with Crippen molar-refractivity contribution in [3.05, 3.63) is 65.2 Å². The van der Waals surface area contributed by atoms with Gasteiger partial charge in [0.1, 0.15) is 22.7 Å². The van der Waals surface area contributed by atoms with Crippen LogP contribution in [0.3, 0.4) is 0 Å². The van der Waals surface area contributed by atoms with Gasteiger partial charge in [-0.15, -0.1) is 0 Å². The predicted molar refractivity (Wildman–Crippen MR) is 128 cm³/mol. The van der Waals surface area contributed by atoms with Gasteiger partial charge >= 0.3 is 6.18 Å². The Balaban J connectivity index is 1.55. The van der Waals surface area contributed by atoms with Gasteiger partial charge in [-0.1, -0.05) is 0 Å². The molecule has 0 bridgehead atoms. The highest BCUT2D eigenvalue weighted by Gasteiger charge is 2.34. The van der Waals surface area contributed by atoms with Crippen molar-refractivity contribution in [1.29, 1.82) is 0 Å². The van der Waals surface area contributed by atoms with Crippen molar-refractivity contribution in [2.75, 3.05) is 7.11 Å². The van der Waals surface area contributed by atoms with E-state index in [0.29, 0.717) is 10.9 Å². The summed E-state index contributed by atoms with van der Waals surface area (Å²) in [5.74, 6) is 0.0869. The summed E-state index contributed by atoms with van der Waals surface area (Å²) in [5.41, 5.74) is 7.25. The zero-order valence-electron chi connectivity index (χ0n) is 20.2. The van der Waals surface area contributed by atoms with E-state index in [-0.39, 0.29) is 46.7 Å². The normalized spacial score (nSPS) is 16.4. The molecule has 0 spiro atoms. The number of oxazole rings is 1. The maximum absolute atomic E-state index is 13.4. The number of fused-ring (bicyclic) bond motifs is 2. The molecule has 0 saturated heterocycles. The van der Waals surface area contributed by atoms with Crippen LogP contribution in [0.15, 0.2) is 41.1 Å². The van der Waals surface area contributed by atoms with Crippen molar-refractivity contribution in [1.82, 2.24) is 19.9 Å². The number of pyridine rings is 1. The molecule has 3 heterocycles. The lowest BCUT2D eigenvalue weighted by molar-refractivity contribution is -0.140. The molecule has 37 heavy (non-hydrogen) atoms. The topological polar surface area (TPSA) is 117 Å². The molecule has 0 radical (unpaired) electrons. The Morgan fingerprint density at radius 3 is 2.70 bits per heavy atom. The van der Waals surface area contributed by atoms with Crippen molar-refractivity contribution in [3.8, 4) is 17.2 Å². The van der Waals surface area contributed by atoms with Crippen LogP contribution in [0.4, 0.5) is 13.2 Å². The lowest BCUT2D eigenvalue weighted by Gasteiger charge is -2.22. The Bertz CT molecular complexity index is 1480. The quantitative estimate of drug-likeness (QED) is 0.341. The second-order valence-corrected chi connectivity index (χ2v) is 9.03. The Kier molecular flexibility index (Phi) is 6.40. The minimum absolute atomic E-state index is 0.000588. The molecule has 1 unspecified atom stereocenters. The first kappa shape index (κ1) is 24.8. The molecule has 1 aliphatic carbocycles. The van der Waals surface area contributed by atoms with Crippen LogP contribution >= 0.6 is 0 Å². The molecular weight excluding hydrogens is 487 g/mol. The average Bonchev–Trinajstić information content (AvgIpc) is 3.33. The van der Waals surface area contributed by atoms with Crippen molar-refractivity contribution >= 4 is 16.7 Å². The van der Waals surface area contributed by atoms with Gasteiger partial charge in [0.2, 0.25) is 5.89 Å². The fraction of sp³-hybridized carbons (Fsp3) is 0.346. The van der Waals surface area contributed by atoms with E-state index in [0.717, 1.165) is 36.7 Å². The highest BCUT2D eigenvalue weighted by molar-refractivity contribution is 5.99. The number of alkyl halides is 3. The van der Waals surface area contributed by atoms with Crippen LogP contribution < -0.4 is 10.5 Å². The largest absolute Gasteiger partial charge is 0.494 e. The molecule has 5 rings (SSSR count). The van der Waals surface area contributed by atoms with Gasteiger partial charge in [0, 0.05) is 35.7 Å². The van der Waals surface area contributed by atoms with Crippen LogP contribution in [-0.4, -0.2) is 32.8 Å². The van der Waals surface area contributed by atoms with E-state index in [1.54, 1.807) is 25.4 Å². The molecule has 192 valence electrons. The number of rotatable bonds is 6. The number of benzene rings is 1. The van der Waals surface area contributed by atoms with Crippen molar-refractivity contribution in [2.45, 2.75) is 50.7 Å². The average molecular weight is 512 g/mol. The standard InChI is InChI=1S/C26H24F3N5O3/c1-13(30)24-23(18(35)12-14-4-3-5-17-21(14)32-11-10-31-17)34-25(37-24)16-6-8-19(36-2)22-15(16)7-9-20(33-22)26(27,28)29/h6-11,13-14H,3-5,12,30H2,1-2H3/t13-,14?/m0/s1. The van der Waals surface area contributed by atoms with Gasteiger partial charge in [-0.05, 0) is 50.5 Å². The summed E-state index contributed by atoms with van der Waals surface area (Å²) in [7, 11) is 1.35. The van der Waals surface area contributed by atoms with Gasteiger partial charge in [-0.25, -0.2) is 9.97 Å². The molecule has 0 amide bonds. The van der Waals surface area contributed by atoms with E-state index >= 15 is 0 Å². The summed E-state index contributed by atoms with van der Waals surface area (Å²) in [5, 5.41) is 0.334. The first-order valence-corrected chi connectivity index (χ1v) is 11.8. The molecule has 8 nitrogen and oxygen atoms in total. The first-order chi connectivity index (χ1) is 17.7. The van der Waals surface area contributed by atoms with E-state index in [4.69, 9.17) is 14.9 Å². The van der Waals surface area contributed by atoms with Gasteiger partial charge in [0.25, 0.3) is 0 Å². The Hall–Kier alpha value is -3.86. The van der Waals surface area contributed by atoms with Crippen molar-refractivity contribution in [3.63, 3.8) is 0 Å². The number of Topliss-reactive ketones (excluding diaryl/α,β-unsaturated/α-hetero) is 1. The molecule has 11 heteroatoms. The summed E-state index contributed by atoms with van der Waals surface area (Å²) in [4.78, 5) is 30.5. The van der Waals surface area contributed by atoms with Crippen LogP contribution in [0.2, 0.25) is 0 Å². The van der Waals surface area contributed by atoms with E-state index < -0.39 is 17.9 Å². The summed E-state index contributed by atoms with van der Waals surface area (Å²) in [6, 6.07) is 4.62. The van der Waals surface area contributed by atoms with Crippen LogP contribution in [-0.2, 0) is 12.6 Å². The second-order valence-electron chi connectivity index (χ2n) is 9.03. The van der Waals surface area contributed by atoms with Crippen LogP contribution in [0.1, 0.15) is 71.5 Å². The van der Waals surface area contributed by atoms with Gasteiger partial charge < -0.3 is 14.9 Å². The third-order valence-electron chi connectivity index (χ3n) is 6.48. The number of aromatic nitrogens is 4. The molecule has 3 aromatic heterocycles. The van der Waals surface area contributed by atoms with Crippen LogP contribution in [0, 0.1) is 0 Å². The number of methoxy groups -OCH3 is 1.